The molecule has 20 heavy (non-hydrogen) atoms. The third kappa shape index (κ3) is 3.28. The van der Waals surface area contributed by atoms with Crippen LogP contribution in [-0.2, 0) is 6.54 Å². The first kappa shape index (κ1) is 13.9. The molecule has 0 aromatic carbocycles. The number of carbonyl (C=O) groups is 1. The molecule has 0 saturated carbocycles. The van der Waals surface area contributed by atoms with E-state index < -0.39 is 0 Å². The van der Waals surface area contributed by atoms with Crippen molar-refractivity contribution < 1.29 is 4.79 Å². The molecule has 0 aliphatic heterocycles. The largest absolute Gasteiger partial charge is 0.345 e. The van der Waals surface area contributed by atoms with Gasteiger partial charge in [-0.25, -0.2) is 4.68 Å². The topological polar surface area (TPSA) is 76.9 Å². The Morgan fingerprint density at radius 3 is 2.75 bits per heavy atom. The minimum Gasteiger partial charge on any atom is -0.345 e. The standard InChI is InChI=1S/C14H16N4O2/c1-10(2)18-13(19)7-6-12(17-18)14(20)16-9-11-5-3-4-8-15-11/h3-8,10H,9H2,1-2H3,(H,16,20). The summed E-state index contributed by atoms with van der Waals surface area (Å²) in [5, 5.41) is 6.78. The van der Waals surface area contributed by atoms with Crippen molar-refractivity contribution in [2.24, 2.45) is 0 Å². The van der Waals surface area contributed by atoms with Gasteiger partial charge in [0.25, 0.3) is 11.5 Å². The molecule has 0 spiro atoms. The highest BCUT2D eigenvalue weighted by atomic mass is 16.2. The van der Waals surface area contributed by atoms with Crippen LogP contribution in [0.2, 0.25) is 0 Å². The van der Waals surface area contributed by atoms with E-state index in [0.717, 1.165) is 5.69 Å². The average Bonchev–Trinajstić information content (AvgIpc) is 2.46. The van der Waals surface area contributed by atoms with Crippen LogP contribution in [0.5, 0.6) is 0 Å². The van der Waals surface area contributed by atoms with E-state index in [1.807, 2.05) is 32.0 Å². The SMILES string of the molecule is CC(C)n1nc(C(=O)NCc2ccccn2)ccc1=O. The van der Waals surface area contributed by atoms with Crippen LogP contribution in [0, 0.1) is 0 Å². The van der Waals surface area contributed by atoms with E-state index in [0.29, 0.717) is 6.54 Å². The van der Waals surface area contributed by atoms with Gasteiger partial charge in [0.2, 0.25) is 0 Å². The first-order chi connectivity index (χ1) is 9.58. The van der Waals surface area contributed by atoms with E-state index in [9.17, 15) is 9.59 Å². The van der Waals surface area contributed by atoms with E-state index in [2.05, 4.69) is 15.4 Å². The van der Waals surface area contributed by atoms with Crippen molar-refractivity contribution in [2.75, 3.05) is 0 Å². The molecule has 2 rings (SSSR count). The number of amides is 1. The van der Waals surface area contributed by atoms with Crippen molar-refractivity contribution in [3.8, 4) is 0 Å². The Morgan fingerprint density at radius 1 is 1.30 bits per heavy atom. The maximum absolute atomic E-state index is 12.0. The van der Waals surface area contributed by atoms with Crippen molar-refractivity contribution >= 4 is 5.91 Å². The number of nitrogens with zero attached hydrogens (tertiary/aromatic N) is 3. The Labute approximate surface area is 116 Å². The average molecular weight is 272 g/mol. The molecule has 0 aliphatic carbocycles. The zero-order chi connectivity index (χ0) is 14.5. The quantitative estimate of drug-likeness (QED) is 0.905. The molecule has 104 valence electrons. The van der Waals surface area contributed by atoms with E-state index >= 15 is 0 Å². The van der Waals surface area contributed by atoms with Crippen LogP contribution in [0.3, 0.4) is 0 Å². The van der Waals surface area contributed by atoms with Crippen molar-refractivity contribution in [1.82, 2.24) is 20.1 Å². The lowest BCUT2D eigenvalue weighted by Crippen LogP contribution is -2.30. The summed E-state index contributed by atoms with van der Waals surface area (Å²) in [4.78, 5) is 27.7. The van der Waals surface area contributed by atoms with Gasteiger partial charge in [-0.1, -0.05) is 6.07 Å². The summed E-state index contributed by atoms with van der Waals surface area (Å²) in [7, 11) is 0. The fourth-order valence-electron chi connectivity index (χ4n) is 1.68. The van der Waals surface area contributed by atoms with Gasteiger partial charge < -0.3 is 5.32 Å². The summed E-state index contributed by atoms with van der Waals surface area (Å²) in [5.41, 5.74) is 0.758. The van der Waals surface area contributed by atoms with Crippen LogP contribution in [-0.4, -0.2) is 20.7 Å². The Bertz CT molecular complexity index is 650. The second-order valence-corrected chi connectivity index (χ2v) is 4.60. The molecule has 0 radical (unpaired) electrons. The van der Waals surface area contributed by atoms with Crippen molar-refractivity contribution in [2.45, 2.75) is 26.4 Å². The van der Waals surface area contributed by atoms with Crippen LogP contribution >= 0.6 is 0 Å². The summed E-state index contributed by atoms with van der Waals surface area (Å²) < 4.78 is 1.29. The molecule has 2 aromatic heterocycles. The third-order valence-electron chi connectivity index (χ3n) is 2.70. The Morgan fingerprint density at radius 2 is 2.10 bits per heavy atom. The van der Waals surface area contributed by atoms with Gasteiger partial charge in [0.15, 0.2) is 0 Å². The third-order valence-corrected chi connectivity index (χ3v) is 2.70. The highest BCUT2D eigenvalue weighted by Crippen LogP contribution is 1.99. The zero-order valence-corrected chi connectivity index (χ0v) is 11.4. The molecule has 0 bridgehead atoms. The number of carbonyl (C=O) groups excluding carboxylic acids is 1. The molecule has 6 nitrogen and oxygen atoms in total. The Balaban J connectivity index is 2.10. The van der Waals surface area contributed by atoms with Crippen molar-refractivity contribution in [3.05, 3.63) is 58.3 Å². The maximum atomic E-state index is 12.0. The molecule has 6 heteroatoms. The Hall–Kier alpha value is -2.50. The van der Waals surface area contributed by atoms with Crippen LogP contribution < -0.4 is 10.9 Å². The summed E-state index contributed by atoms with van der Waals surface area (Å²) in [5.74, 6) is -0.329. The second-order valence-electron chi connectivity index (χ2n) is 4.60. The van der Waals surface area contributed by atoms with E-state index in [4.69, 9.17) is 0 Å². The molecule has 0 fully saturated rings. The number of rotatable bonds is 4. The van der Waals surface area contributed by atoms with Gasteiger partial charge in [-0.2, -0.15) is 5.10 Å². The molecule has 0 aliphatic rings. The van der Waals surface area contributed by atoms with Gasteiger partial charge in [-0.3, -0.25) is 14.6 Å². The van der Waals surface area contributed by atoms with Crippen LogP contribution in [0.15, 0.2) is 41.3 Å². The lowest BCUT2D eigenvalue weighted by atomic mass is 10.3. The predicted molar refractivity (Wildman–Crippen MR) is 74.3 cm³/mol. The van der Waals surface area contributed by atoms with Gasteiger partial charge >= 0.3 is 0 Å². The smallest absolute Gasteiger partial charge is 0.272 e. The van der Waals surface area contributed by atoms with Gasteiger partial charge in [0.05, 0.1) is 18.3 Å². The number of aromatic nitrogens is 3. The molecule has 0 saturated heterocycles. The van der Waals surface area contributed by atoms with E-state index in [1.54, 1.807) is 6.20 Å². The highest BCUT2D eigenvalue weighted by molar-refractivity contribution is 5.91. The molecular formula is C14H16N4O2. The molecule has 1 amide bonds. The first-order valence-electron chi connectivity index (χ1n) is 6.36. The van der Waals surface area contributed by atoms with Crippen molar-refractivity contribution in [1.29, 1.82) is 0 Å². The summed E-state index contributed by atoms with van der Waals surface area (Å²) >= 11 is 0. The fourth-order valence-corrected chi connectivity index (χ4v) is 1.68. The van der Waals surface area contributed by atoms with Crippen LogP contribution in [0.4, 0.5) is 0 Å². The molecule has 0 unspecified atom stereocenters. The number of nitrogens with one attached hydrogen (secondary N) is 1. The fraction of sp³-hybridized carbons (Fsp3) is 0.286. The summed E-state index contributed by atoms with van der Waals surface area (Å²) in [6, 6.07) is 8.17. The summed E-state index contributed by atoms with van der Waals surface area (Å²) in [6.07, 6.45) is 1.67. The summed E-state index contributed by atoms with van der Waals surface area (Å²) in [6.45, 7) is 4.00. The maximum Gasteiger partial charge on any atom is 0.272 e. The van der Waals surface area contributed by atoms with Gasteiger partial charge in [0.1, 0.15) is 5.69 Å². The van der Waals surface area contributed by atoms with Gasteiger partial charge in [-0.15, -0.1) is 0 Å². The highest BCUT2D eigenvalue weighted by Gasteiger charge is 2.10. The zero-order valence-electron chi connectivity index (χ0n) is 11.4. The minimum atomic E-state index is -0.329. The van der Waals surface area contributed by atoms with Crippen molar-refractivity contribution in [3.63, 3.8) is 0 Å². The lowest BCUT2D eigenvalue weighted by Gasteiger charge is -2.10. The Kier molecular flexibility index (Phi) is 4.24. The van der Waals surface area contributed by atoms with E-state index in [-0.39, 0.29) is 23.2 Å². The molecular weight excluding hydrogens is 256 g/mol. The first-order valence-corrected chi connectivity index (χ1v) is 6.36. The second kappa shape index (κ2) is 6.10. The van der Waals surface area contributed by atoms with Gasteiger partial charge in [0, 0.05) is 12.3 Å². The minimum absolute atomic E-state index is 0.0916. The normalized spacial score (nSPS) is 10.6. The molecule has 1 N–H and O–H groups in total. The van der Waals surface area contributed by atoms with E-state index in [1.165, 1.54) is 16.8 Å². The number of pyridine rings is 1. The van der Waals surface area contributed by atoms with Gasteiger partial charge in [-0.05, 0) is 32.0 Å². The monoisotopic (exact) mass is 272 g/mol. The lowest BCUT2D eigenvalue weighted by molar-refractivity contribution is 0.0942. The van der Waals surface area contributed by atoms with Crippen LogP contribution in [0.25, 0.3) is 0 Å². The number of hydrogen-bond acceptors (Lipinski definition) is 4. The number of hydrogen-bond donors (Lipinski definition) is 1. The molecule has 2 heterocycles. The van der Waals surface area contributed by atoms with Crippen LogP contribution in [0.1, 0.15) is 36.1 Å². The molecule has 0 atom stereocenters. The predicted octanol–water partition coefficient (Wildman–Crippen LogP) is 1.15. The molecule has 2 aromatic rings.